The quantitative estimate of drug-likeness (QED) is 0.735. The van der Waals surface area contributed by atoms with E-state index < -0.39 is 0 Å². The molecule has 0 saturated heterocycles. The molecule has 110 valence electrons. The highest BCUT2D eigenvalue weighted by Gasteiger charge is 2.14. The first-order valence-corrected chi connectivity index (χ1v) is 6.91. The molecule has 2 heterocycles. The molecule has 1 aliphatic heterocycles. The zero-order valence-electron chi connectivity index (χ0n) is 11.7. The molecule has 1 aliphatic rings. The van der Waals surface area contributed by atoms with Gasteiger partial charge in [0.15, 0.2) is 11.5 Å². The third-order valence-electron chi connectivity index (χ3n) is 3.30. The van der Waals surface area contributed by atoms with Crippen molar-refractivity contribution in [3.63, 3.8) is 0 Å². The first-order chi connectivity index (χ1) is 10.9. The van der Waals surface area contributed by atoms with Gasteiger partial charge in [0.25, 0.3) is 0 Å². The molecule has 0 N–H and O–H groups in total. The lowest BCUT2D eigenvalue weighted by molar-refractivity contribution is 0.173. The van der Waals surface area contributed by atoms with E-state index in [0.717, 1.165) is 17.0 Å². The molecule has 0 spiro atoms. The van der Waals surface area contributed by atoms with E-state index in [1.165, 1.54) is 0 Å². The Balaban J connectivity index is 1.45. The lowest BCUT2D eigenvalue weighted by Gasteiger charge is -2.04. The summed E-state index contributed by atoms with van der Waals surface area (Å²) >= 11 is 0. The summed E-state index contributed by atoms with van der Waals surface area (Å²) in [6.45, 7) is 0.582. The highest BCUT2D eigenvalue weighted by atomic mass is 16.7. The van der Waals surface area contributed by atoms with Crippen LogP contribution in [0.15, 0.2) is 59.2 Å². The molecule has 4 rings (SSSR count). The van der Waals surface area contributed by atoms with Gasteiger partial charge in [-0.05, 0) is 24.3 Å². The summed E-state index contributed by atoms with van der Waals surface area (Å²) in [5.41, 5.74) is 1.67. The van der Waals surface area contributed by atoms with Gasteiger partial charge in [-0.3, -0.25) is 0 Å². The largest absolute Gasteiger partial charge is 0.487 e. The molecule has 1 aromatic heterocycles. The number of ether oxygens (including phenoxy) is 3. The molecule has 22 heavy (non-hydrogen) atoms. The number of aromatic nitrogens is 1. The average Bonchev–Trinajstić information content (AvgIpc) is 3.22. The summed E-state index contributed by atoms with van der Waals surface area (Å²) in [6, 6.07) is 15.2. The number of rotatable bonds is 4. The van der Waals surface area contributed by atoms with Gasteiger partial charge >= 0.3 is 0 Å². The standard InChI is InChI=1S/C17H13NO4/c1-2-4-12(5-3-1)17-18-13(10-20-17)9-19-14-6-7-15-16(8-14)22-11-21-15/h1-8,10H,9,11H2. The predicted molar refractivity (Wildman–Crippen MR) is 78.8 cm³/mol. The second-order valence-electron chi connectivity index (χ2n) is 4.81. The molecule has 5 nitrogen and oxygen atoms in total. The SMILES string of the molecule is c1ccc(-c2nc(COc3ccc4c(c3)OCO4)co2)cc1. The molecule has 0 bridgehead atoms. The molecule has 5 heteroatoms. The Morgan fingerprint density at radius 3 is 2.77 bits per heavy atom. The van der Waals surface area contributed by atoms with E-state index in [0.29, 0.717) is 24.0 Å². The fraction of sp³-hybridized carbons (Fsp3) is 0.118. The van der Waals surface area contributed by atoms with Crippen LogP contribution in [0.4, 0.5) is 0 Å². The minimum absolute atomic E-state index is 0.252. The van der Waals surface area contributed by atoms with Crippen LogP contribution in [0.3, 0.4) is 0 Å². The molecule has 2 aromatic carbocycles. The fourth-order valence-corrected chi connectivity index (χ4v) is 2.21. The molecule has 0 amide bonds. The third kappa shape index (κ3) is 2.48. The molecule has 0 atom stereocenters. The molecule has 3 aromatic rings. The molecule has 0 aliphatic carbocycles. The third-order valence-corrected chi connectivity index (χ3v) is 3.30. The number of hydrogen-bond acceptors (Lipinski definition) is 5. The van der Waals surface area contributed by atoms with Crippen molar-refractivity contribution in [2.75, 3.05) is 6.79 Å². The van der Waals surface area contributed by atoms with Gasteiger partial charge in [0.1, 0.15) is 24.3 Å². The molecule has 0 fully saturated rings. The number of hydrogen-bond donors (Lipinski definition) is 0. The van der Waals surface area contributed by atoms with Crippen molar-refractivity contribution in [1.82, 2.24) is 4.98 Å². The van der Waals surface area contributed by atoms with Crippen molar-refractivity contribution in [2.24, 2.45) is 0 Å². The van der Waals surface area contributed by atoms with Gasteiger partial charge in [-0.1, -0.05) is 18.2 Å². The van der Waals surface area contributed by atoms with Gasteiger partial charge in [-0.15, -0.1) is 0 Å². The summed E-state index contributed by atoms with van der Waals surface area (Å²) in [4.78, 5) is 4.42. The van der Waals surface area contributed by atoms with Crippen LogP contribution in [0.25, 0.3) is 11.5 Å². The minimum Gasteiger partial charge on any atom is -0.487 e. The van der Waals surface area contributed by atoms with Crippen LogP contribution < -0.4 is 14.2 Å². The Hall–Kier alpha value is -2.95. The number of oxazole rings is 1. The second kappa shape index (κ2) is 5.44. The van der Waals surface area contributed by atoms with Crippen molar-refractivity contribution >= 4 is 0 Å². The van der Waals surface area contributed by atoms with Crippen molar-refractivity contribution in [3.05, 3.63) is 60.5 Å². The van der Waals surface area contributed by atoms with Gasteiger partial charge in [0.2, 0.25) is 12.7 Å². The lowest BCUT2D eigenvalue weighted by Crippen LogP contribution is -1.95. The Labute approximate surface area is 127 Å². The van der Waals surface area contributed by atoms with E-state index >= 15 is 0 Å². The molecule has 0 radical (unpaired) electrons. The maximum Gasteiger partial charge on any atom is 0.231 e. The van der Waals surface area contributed by atoms with Crippen LogP contribution in [0, 0.1) is 0 Å². The van der Waals surface area contributed by atoms with Crippen molar-refractivity contribution < 1.29 is 18.6 Å². The summed E-state index contributed by atoms with van der Waals surface area (Å²) < 4.78 is 21.8. The Morgan fingerprint density at radius 1 is 1.00 bits per heavy atom. The molecular formula is C17H13NO4. The predicted octanol–water partition coefficient (Wildman–Crippen LogP) is 3.65. The Kier molecular flexibility index (Phi) is 3.16. The molecule has 0 unspecified atom stereocenters. The van der Waals surface area contributed by atoms with Crippen LogP contribution in [-0.4, -0.2) is 11.8 Å². The number of fused-ring (bicyclic) bond motifs is 1. The van der Waals surface area contributed by atoms with Crippen LogP contribution >= 0.6 is 0 Å². The van der Waals surface area contributed by atoms with E-state index in [2.05, 4.69) is 4.98 Å². The van der Waals surface area contributed by atoms with E-state index in [9.17, 15) is 0 Å². The lowest BCUT2D eigenvalue weighted by atomic mass is 10.2. The van der Waals surface area contributed by atoms with Crippen LogP contribution in [0.2, 0.25) is 0 Å². The van der Waals surface area contributed by atoms with Crippen LogP contribution in [-0.2, 0) is 6.61 Å². The number of nitrogens with zero attached hydrogens (tertiary/aromatic N) is 1. The second-order valence-corrected chi connectivity index (χ2v) is 4.81. The van der Waals surface area contributed by atoms with Crippen LogP contribution in [0.1, 0.15) is 5.69 Å². The van der Waals surface area contributed by atoms with E-state index in [-0.39, 0.29) is 6.79 Å². The first-order valence-electron chi connectivity index (χ1n) is 6.91. The monoisotopic (exact) mass is 295 g/mol. The zero-order valence-corrected chi connectivity index (χ0v) is 11.7. The zero-order chi connectivity index (χ0) is 14.8. The summed E-state index contributed by atoms with van der Waals surface area (Å²) in [7, 11) is 0. The average molecular weight is 295 g/mol. The van der Waals surface area contributed by atoms with Gasteiger partial charge in [-0.25, -0.2) is 4.98 Å². The smallest absolute Gasteiger partial charge is 0.231 e. The van der Waals surface area contributed by atoms with E-state index in [4.69, 9.17) is 18.6 Å². The van der Waals surface area contributed by atoms with Crippen molar-refractivity contribution in [2.45, 2.75) is 6.61 Å². The van der Waals surface area contributed by atoms with E-state index in [1.54, 1.807) is 12.3 Å². The van der Waals surface area contributed by atoms with Gasteiger partial charge in [0.05, 0.1) is 0 Å². The normalized spacial score (nSPS) is 12.4. The van der Waals surface area contributed by atoms with E-state index in [1.807, 2.05) is 42.5 Å². The maximum atomic E-state index is 5.71. The highest BCUT2D eigenvalue weighted by Crippen LogP contribution is 2.35. The van der Waals surface area contributed by atoms with Crippen LogP contribution in [0.5, 0.6) is 17.2 Å². The van der Waals surface area contributed by atoms with Gasteiger partial charge < -0.3 is 18.6 Å². The first kappa shape index (κ1) is 12.8. The van der Waals surface area contributed by atoms with Crippen molar-refractivity contribution in [3.8, 4) is 28.7 Å². The maximum absolute atomic E-state index is 5.71. The topological polar surface area (TPSA) is 53.7 Å². The molecular weight excluding hydrogens is 282 g/mol. The summed E-state index contributed by atoms with van der Waals surface area (Å²) in [6.07, 6.45) is 1.61. The van der Waals surface area contributed by atoms with Gasteiger partial charge in [0, 0.05) is 11.6 Å². The van der Waals surface area contributed by atoms with Gasteiger partial charge in [-0.2, -0.15) is 0 Å². The fourth-order valence-electron chi connectivity index (χ4n) is 2.21. The number of benzene rings is 2. The van der Waals surface area contributed by atoms with Crippen molar-refractivity contribution in [1.29, 1.82) is 0 Å². The Morgan fingerprint density at radius 2 is 1.86 bits per heavy atom. The summed E-state index contributed by atoms with van der Waals surface area (Å²) in [5, 5.41) is 0. The highest BCUT2D eigenvalue weighted by molar-refractivity contribution is 5.52. The molecule has 0 saturated carbocycles. The Bertz CT molecular complexity index is 782. The summed E-state index contributed by atoms with van der Waals surface area (Å²) in [5.74, 6) is 2.72. The minimum atomic E-state index is 0.252.